The molecule has 0 atom stereocenters. The van der Waals surface area contributed by atoms with Crippen LogP contribution in [0.5, 0.6) is 11.5 Å². The molecule has 0 aliphatic carbocycles. The lowest BCUT2D eigenvalue weighted by Gasteiger charge is -2.30. The van der Waals surface area contributed by atoms with Crippen molar-refractivity contribution in [2.75, 3.05) is 31.3 Å². The van der Waals surface area contributed by atoms with Crippen LogP contribution in [0.2, 0.25) is 0 Å². The lowest BCUT2D eigenvalue weighted by atomic mass is 10.1. The molecule has 2 N–H and O–H groups in total. The molecule has 1 fully saturated rings. The predicted molar refractivity (Wildman–Crippen MR) is 111 cm³/mol. The largest absolute Gasteiger partial charge is 0.490 e. The molecule has 9 nitrogen and oxygen atoms in total. The van der Waals surface area contributed by atoms with Crippen LogP contribution in [0.15, 0.2) is 35.4 Å². The van der Waals surface area contributed by atoms with E-state index in [2.05, 4.69) is 10.3 Å². The zero-order chi connectivity index (χ0) is 22.6. The molecule has 1 aliphatic rings. The number of hydrogen-bond acceptors (Lipinski definition) is 7. The molecule has 1 aromatic heterocycles. The van der Waals surface area contributed by atoms with E-state index in [1.165, 1.54) is 37.3 Å². The number of hydrogen-bond donors (Lipinski definition) is 2. The average Bonchev–Trinajstić information content (AvgIpc) is 2.75. The number of pyridine rings is 1. The number of ether oxygens (including phenoxy) is 2. The Morgan fingerprint density at radius 1 is 1.32 bits per heavy atom. The second kappa shape index (κ2) is 9.38. The number of halogens is 1. The first-order valence-corrected chi connectivity index (χ1v) is 11.4. The van der Waals surface area contributed by atoms with Gasteiger partial charge in [0.15, 0.2) is 21.4 Å². The number of piperidine rings is 1. The van der Waals surface area contributed by atoms with Crippen molar-refractivity contribution >= 4 is 27.4 Å². The molecular weight excluding hydrogens is 429 g/mol. The summed E-state index contributed by atoms with van der Waals surface area (Å²) in [5, 5.41) is 11.9. The summed E-state index contributed by atoms with van der Waals surface area (Å²) < 4.78 is 49.8. The maximum absolute atomic E-state index is 14.5. The molecule has 0 radical (unpaired) electrons. The number of anilines is 2. The van der Waals surface area contributed by atoms with E-state index >= 15 is 0 Å². The number of aromatic nitrogens is 1. The van der Waals surface area contributed by atoms with Gasteiger partial charge in [0, 0.05) is 38.2 Å². The van der Waals surface area contributed by atoms with Gasteiger partial charge in [0.2, 0.25) is 5.75 Å². The van der Waals surface area contributed by atoms with E-state index in [4.69, 9.17) is 14.6 Å². The number of carbonyl (C=O) groups is 1. The molecule has 0 unspecified atom stereocenters. The molecule has 3 rings (SSSR count). The van der Waals surface area contributed by atoms with E-state index in [-0.39, 0.29) is 34.0 Å². The van der Waals surface area contributed by atoms with Crippen molar-refractivity contribution in [1.82, 2.24) is 9.88 Å². The molecule has 1 saturated heterocycles. The van der Waals surface area contributed by atoms with Crippen LogP contribution in [0.3, 0.4) is 0 Å². The Bertz CT molecular complexity index is 1050. The molecule has 168 valence electrons. The normalized spacial score (nSPS) is 14.9. The van der Waals surface area contributed by atoms with E-state index in [9.17, 15) is 17.6 Å². The summed E-state index contributed by atoms with van der Waals surface area (Å²) >= 11 is 0. The summed E-state index contributed by atoms with van der Waals surface area (Å²) in [7, 11) is -2.10. The Morgan fingerprint density at radius 3 is 2.61 bits per heavy atom. The van der Waals surface area contributed by atoms with Crippen LogP contribution in [-0.2, 0) is 9.84 Å². The van der Waals surface area contributed by atoms with Gasteiger partial charge in [-0.3, -0.25) is 0 Å². The smallest absolute Gasteiger partial charge is 0.407 e. The number of sulfone groups is 1. The fourth-order valence-electron chi connectivity index (χ4n) is 3.24. The molecule has 1 amide bonds. The topological polar surface area (TPSA) is 118 Å². The molecule has 1 aliphatic heterocycles. The number of benzene rings is 1. The Morgan fingerprint density at radius 2 is 2.03 bits per heavy atom. The minimum absolute atomic E-state index is 0.0350. The van der Waals surface area contributed by atoms with Gasteiger partial charge >= 0.3 is 6.09 Å². The average molecular weight is 453 g/mol. The van der Waals surface area contributed by atoms with Crippen molar-refractivity contribution in [3.05, 3.63) is 36.3 Å². The fourth-order valence-corrected chi connectivity index (χ4v) is 4.13. The number of amides is 1. The molecule has 0 saturated carbocycles. The number of nitrogens with zero attached hydrogens (tertiary/aromatic N) is 2. The number of nitrogens with one attached hydrogen (secondary N) is 1. The van der Waals surface area contributed by atoms with Gasteiger partial charge in [-0.1, -0.05) is 6.92 Å². The Labute approximate surface area is 179 Å². The van der Waals surface area contributed by atoms with Crippen molar-refractivity contribution in [1.29, 1.82) is 0 Å². The Kier molecular flexibility index (Phi) is 6.84. The molecule has 0 bridgehead atoms. The molecule has 1 aromatic carbocycles. The maximum atomic E-state index is 14.5. The SMILES string of the molecule is CCS(=O)(=O)c1ccc(Nc2nccc(OC3CCN(C(=O)O)CC3)c2OC)c(F)c1. The third kappa shape index (κ3) is 5.16. The number of likely N-dealkylation sites (tertiary alicyclic amines) is 1. The zero-order valence-corrected chi connectivity index (χ0v) is 18.0. The van der Waals surface area contributed by atoms with Gasteiger partial charge in [-0.05, 0) is 18.2 Å². The molecule has 2 aromatic rings. The van der Waals surface area contributed by atoms with Gasteiger partial charge in [0.1, 0.15) is 11.9 Å². The van der Waals surface area contributed by atoms with Gasteiger partial charge in [-0.15, -0.1) is 0 Å². The first-order chi connectivity index (χ1) is 14.7. The van der Waals surface area contributed by atoms with Crippen LogP contribution >= 0.6 is 0 Å². The summed E-state index contributed by atoms with van der Waals surface area (Å²) in [5.74, 6) is -0.0229. The predicted octanol–water partition coefficient (Wildman–Crippen LogP) is 3.29. The summed E-state index contributed by atoms with van der Waals surface area (Å²) in [6.45, 7) is 2.23. The van der Waals surface area contributed by atoms with E-state index < -0.39 is 21.7 Å². The third-order valence-electron chi connectivity index (χ3n) is 5.01. The highest BCUT2D eigenvalue weighted by Gasteiger charge is 2.25. The summed E-state index contributed by atoms with van der Waals surface area (Å²) in [6.07, 6.45) is 1.38. The van der Waals surface area contributed by atoms with Crippen LogP contribution < -0.4 is 14.8 Å². The molecular formula is C20H24FN3O6S. The van der Waals surface area contributed by atoms with Crippen molar-refractivity contribution in [3.8, 4) is 11.5 Å². The minimum atomic E-state index is -3.52. The first kappa shape index (κ1) is 22.6. The highest BCUT2D eigenvalue weighted by Crippen LogP contribution is 2.37. The van der Waals surface area contributed by atoms with Crippen LogP contribution in [0.1, 0.15) is 19.8 Å². The number of rotatable bonds is 7. The van der Waals surface area contributed by atoms with E-state index in [0.717, 1.165) is 6.07 Å². The Balaban J connectivity index is 1.78. The van der Waals surface area contributed by atoms with Crippen LogP contribution in [0.4, 0.5) is 20.7 Å². The van der Waals surface area contributed by atoms with Crippen LogP contribution in [-0.4, -0.2) is 61.6 Å². The monoisotopic (exact) mass is 453 g/mol. The molecule has 11 heteroatoms. The van der Waals surface area contributed by atoms with E-state index in [0.29, 0.717) is 31.7 Å². The number of carboxylic acid groups (broad SMARTS) is 1. The molecule has 2 heterocycles. The van der Waals surface area contributed by atoms with Gasteiger partial charge in [0.25, 0.3) is 0 Å². The van der Waals surface area contributed by atoms with Crippen molar-refractivity contribution in [2.45, 2.75) is 30.8 Å². The lowest BCUT2D eigenvalue weighted by Crippen LogP contribution is -2.41. The fraction of sp³-hybridized carbons (Fsp3) is 0.400. The van der Waals surface area contributed by atoms with Crippen molar-refractivity contribution in [3.63, 3.8) is 0 Å². The Hall–Kier alpha value is -3.08. The molecule has 31 heavy (non-hydrogen) atoms. The minimum Gasteiger partial charge on any atom is -0.490 e. The second-order valence-corrected chi connectivity index (χ2v) is 9.23. The zero-order valence-electron chi connectivity index (χ0n) is 17.2. The highest BCUT2D eigenvalue weighted by atomic mass is 32.2. The van der Waals surface area contributed by atoms with Gasteiger partial charge in [-0.25, -0.2) is 22.6 Å². The van der Waals surface area contributed by atoms with Crippen molar-refractivity contribution in [2.24, 2.45) is 0 Å². The summed E-state index contributed by atoms with van der Waals surface area (Å²) in [4.78, 5) is 16.5. The summed E-state index contributed by atoms with van der Waals surface area (Å²) in [5.41, 5.74) is 0.0350. The van der Waals surface area contributed by atoms with Crippen LogP contribution in [0.25, 0.3) is 0 Å². The van der Waals surface area contributed by atoms with E-state index in [1.54, 1.807) is 6.07 Å². The third-order valence-corrected chi connectivity index (χ3v) is 6.74. The quantitative estimate of drug-likeness (QED) is 0.656. The van der Waals surface area contributed by atoms with Gasteiger partial charge < -0.3 is 24.8 Å². The summed E-state index contributed by atoms with van der Waals surface area (Å²) in [6, 6.07) is 5.23. The standard InChI is InChI=1S/C20H24FN3O6S/c1-3-31(27,28)14-4-5-16(15(21)12-14)23-19-18(29-2)17(6-9-22-19)30-13-7-10-24(11-8-13)20(25)26/h4-6,9,12-13H,3,7-8,10-11H2,1-2H3,(H,22,23)(H,25,26). The van der Waals surface area contributed by atoms with Gasteiger partial charge in [0.05, 0.1) is 23.4 Å². The molecule has 0 spiro atoms. The maximum Gasteiger partial charge on any atom is 0.407 e. The first-order valence-electron chi connectivity index (χ1n) is 9.72. The lowest BCUT2D eigenvalue weighted by molar-refractivity contribution is 0.0878. The van der Waals surface area contributed by atoms with Crippen LogP contribution in [0, 0.1) is 5.82 Å². The second-order valence-electron chi connectivity index (χ2n) is 6.95. The van der Waals surface area contributed by atoms with Gasteiger partial charge in [-0.2, -0.15) is 0 Å². The van der Waals surface area contributed by atoms with Crippen molar-refractivity contribution < 1.29 is 32.2 Å². The van der Waals surface area contributed by atoms with E-state index in [1.807, 2.05) is 0 Å². The highest BCUT2D eigenvalue weighted by molar-refractivity contribution is 7.91. The number of methoxy groups -OCH3 is 1.